The van der Waals surface area contributed by atoms with E-state index < -0.39 is 5.97 Å². The van der Waals surface area contributed by atoms with E-state index in [2.05, 4.69) is 15.9 Å². The van der Waals surface area contributed by atoms with E-state index in [1.54, 1.807) is 0 Å². The Kier molecular flexibility index (Phi) is 3.96. The van der Waals surface area contributed by atoms with Gasteiger partial charge in [-0.15, -0.1) is 11.3 Å². The number of aromatic carboxylic acids is 1. The molecule has 2 aromatic rings. The predicted octanol–water partition coefficient (Wildman–Crippen LogP) is 4.33. The zero-order valence-electron chi connectivity index (χ0n) is 10.7. The molecule has 0 unspecified atom stereocenters. The lowest BCUT2D eigenvalue weighted by atomic mass is 10.0. The van der Waals surface area contributed by atoms with Gasteiger partial charge >= 0.3 is 5.97 Å². The maximum absolute atomic E-state index is 11.2. The van der Waals surface area contributed by atoms with E-state index in [0.717, 1.165) is 26.0 Å². The topological polar surface area (TPSA) is 63.3 Å². The Labute approximate surface area is 124 Å². The van der Waals surface area contributed by atoms with Gasteiger partial charge in [-0.1, -0.05) is 25.1 Å². The van der Waals surface area contributed by atoms with Gasteiger partial charge in [0, 0.05) is 14.9 Å². The number of rotatable bonds is 3. The molecule has 5 heteroatoms. The Morgan fingerprint density at radius 3 is 2.74 bits per heavy atom. The molecule has 2 rings (SSSR count). The fraction of sp³-hybridized carbons (Fsp3) is 0.214. The smallest absolute Gasteiger partial charge is 0.348 e. The summed E-state index contributed by atoms with van der Waals surface area (Å²) in [6.07, 6.45) is 0.714. The summed E-state index contributed by atoms with van der Waals surface area (Å²) in [7, 11) is 0. The number of anilines is 1. The van der Waals surface area contributed by atoms with Gasteiger partial charge in [0.1, 0.15) is 4.88 Å². The molecule has 3 nitrogen and oxygen atoms in total. The number of carboxylic acid groups (broad SMARTS) is 1. The third kappa shape index (κ3) is 2.40. The minimum absolute atomic E-state index is 0.222. The monoisotopic (exact) mass is 339 g/mol. The molecular formula is C14H14BrNO2S. The van der Waals surface area contributed by atoms with E-state index in [0.29, 0.717) is 12.1 Å². The number of hydrogen-bond donors (Lipinski definition) is 2. The summed E-state index contributed by atoms with van der Waals surface area (Å²) in [6, 6.07) is 5.95. The van der Waals surface area contributed by atoms with Gasteiger partial charge in [-0.2, -0.15) is 0 Å². The molecule has 0 fully saturated rings. The van der Waals surface area contributed by atoms with Gasteiger partial charge in [0.25, 0.3) is 0 Å². The number of carbonyl (C=O) groups is 1. The van der Waals surface area contributed by atoms with Gasteiger partial charge in [0.2, 0.25) is 0 Å². The van der Waals surface area contributed by atoms with Crippen molar-refractivity contribution >= 4 is 38.9 Å². The van der Waals surface area contributed by atoms with Gasteiger partial charge in [0.05, 0.1) is 5.69 Å². The first-order chi connectivity index (χ1) is 8.97. The second-order valence-corrected chi connectivity index (χ2v) is 6.06. The maximum atomic E-state index is 11.2. The quantitative estimate of drug-likeness (QED) is 0.874. The zero-order chi connectivity index (χ0) is 14.2. The van der Waals surface area contributed by atoms with Crippen LogP contribution in [0, 0.1) is 6.92 Å². The number of nitrogen functional groups attached to an aromatic ring is 1. The largest absolute Gasteiger partial charge is 0.477 e. The van der Waals surface area contributed by atoms with Gasteiger partial charge in [0.15, 0.2) is 0 Å². The summed E-state index contributed by atoms with van der Waals surface area (Å²) in [5.41, 5.74) is 9.37. The van der Waals surface area contributed by atoms with E-state index in [-0.39, 0.29) is 4.88 Å². The van der Waals surface area contributed by atoms with Gasteiger partial charge in [-0.3, -0.25) is 0 Å². The Morgan fingerprint density at radius 2 is 2.16 bits per heavy atom. The second kappa shape index (κ2) is 5.35. The Morgan fingerprint density at radius 1 is 1.47 bits per heavy atom. The van der Waals surface area contributed by atoms with Crippen LogP contribution in [0.25, 0.3) is 10.4 Å². The predicted molar refractivity (Wildman–Crippen MR) is 82.9 cm³/mol. The summed E-state index contributed by atoms with van der Waals surface area (Å²) in [6.45, 7) is 3.99. The van der Waals surface area contributed by atoms with Crippen LogP contribution in [0.2, 0.25) is 0 Å². The summed E-state index contributed by atoms with van der Waals surface area (Å²) < 4.78 is 0.989. The van der Waals surface area contributed by atoms with Gasteiger partial charge in [-0.05, 0) is 40.4 Å². The van der Waals surface area contributed by atoms with Crippen molar-refractivity contribution < 1.29 is 9.90 Å². The number of nitrogens with two attached hydrogens (primary N) is 1. The van der Waals surface area contributed by atoms with E-state index in [4.69, 9.17) is 5.73 Å². The number of aryl methyl sites for hydroxylation is 1. The Hall–Kier alpha value is -1.33. The fourth-order valence-electron chi connectivity index (χ4n) is 2.03. The summed E-state index contributed by atoms with van der Waals surface area (Å²) in [5.74, 6) is -0.966. The number of carboxylic acids is 1. The summed E-state index contributed by atoms with van der Waals surface area (Å²) >= 11 is 4.81. The van der Waals surface area contributed by atoms with Crippen molar-refractivity contribution in [3.05, 3.63) is 38.7 Å². The maximum Gasteiger partial charge on any atom is 0.348 e. The molecule has 0 bridgehead atoms. The molecule has 100 valence electrons. The number of hydrogen-bond acceptors (Lipinski definition) is 3. The molecular weight excluding hydrogens is 326 g/mol. The number of benzene rings is 1. The Bertz CT molecular complexity index is 649. The number of halogens is 1. The van der Waals surface area contributed by atoms with Crippen molar-refractivity contribution in [3.8, 4) is 10.4 Å². The molecule has 0 aliphatic heterocycles. The van der Waals surface area contributed by atoms with E-state index in [1.807, 2.05) is 32.0 Å². The summed E-state index contributed by atoms with van der Waals surface area (Å²) in [4.78, 5) is 12.4. The second-order valence-electron chi connectivity index (χ2n) is 4.25. The van der Waals surface area contributed by atoms with Crippen LogP contribution in [0.1, 0.15) is 27.7 Å². The van der Waals surface area contributed by atoms with Crippen molar-refractivity contribution in [2.24, 2.45) is 0 Å². The molecule has 0 saturated heterocycles. The van der Waals surface area contributed by atoms with Crippen molar-refractivity contribution in [2.45, 2.75) is 20.3 Å². The molecule has 0 aliphatic rings. The lowest BCUT2D eigenvalue weighted by molar-refractivity contribution is 0.0703. The molecule has 3 N–H and O–H groups in total. The molecule has 0 radical (unpaired) electrons. The fourth-order valence-corrected chi connectivity index (χ4v) is 3.80. The van der Waals surface area contributed by atoms with Gasteiger partial charge < -0.3 is 10.8 Å². The van der Waals surface area contributed by atoms with Crippen LogP contribution in [0.15, 0.2) is 22.7 Å². The van der Waals surface area contributed by atoms with Gasteiger partial charge in [-0.25, -0.2) is 4.79 Å². The first kappa shape index (κ1) is 14.1. The lowest BCUT2D eigenvalue weighted by Crippen LogP contribution is -1.99. The highest BCUT2D eigenvalue weighted by atomic mass is 79.9. The third-order valence-electron chi connectivity index (χ3n) is 3.03. The highest BCUT2D eigenvalue weighted by molar-refractivity contribution is 9.10. The molecule has 1 aromatic heterocycles. The minimum Gasteiger partial charge on any atom is -0.477 e. The molecule has 0 aliphatic carbocycles. The van der Waals surface area contributed by atoms with Crippen LogP contribution >= 0.6 is 27.3 Å². The van der Waals surface area contributed by atoms with E-state index in [1.165, 1.54) is 11.3 Å². The first-order valence-electron chi connectivity index (χ1n) is 5.87. The zero-order valence-corrected chi connectivity index (χ0v) is 13.1. The highest BCUT2D eigenvalue weighted by Crippen LogP contribution is 2.42. The normalized spacial score (nSPS) is 10.7. The molecule has 0 atom stereocenters. The average Bonchev–Trinajstić information content (AvgIpc) is 2.69. The average molecular weight is 340 g/mol. The van der Waals surface area contributed by atoms with Crippen LogP contribution in [-0.2, 0) is 6.42 Å². The van der Waals surface area contributed by atoms with E-state index in [9.17, 15) is 9.90 Å². The Balaban J connectivity index is 2.72. The van der Waals surface area contributed by atoms with Crippen LogP contribution in [0.3, 0.4) is 0 Å². The molecule has 1 heterocycles. The molecule has 19 heavy (non-hydrogen) atoms. The van der Waals surface area contributed by atoms with Crippen molar-refractivity contribution in [2.75, 3.05) is 5.73 Å². The van der Waals surface area contributed by atoms with Crippen LogP contribution in [0.5, 0.6) is 0 Å². The lowest BCUT2D eigenvalue weighted by Gasteiger charge is -2.07. The minimum atomic E-state index is -0.966. The van der Waals surface area contributed by atoms with Crippen molar-refractivity contribution in [1.82, 2.24) is 0 Å². The van der Waals surface area contributed by atoms with Crippen LogP contribution in [-0.4, -0.2) is 11.1 Å². The number of thiophene rings is 1. The summed E-state index contributed by atoms with van der Waals surface area (Å²) in [5, 5.41) is 9.19. The highest BCUT2D eigenvalue weighted by Gasteiger charge is 2.21. The molecule has 0 amide bonds. The van der Waals surface area contributed by atoms with Crippen molar-refractivity contribution in [1.29, 1.82) is 0 Å². The molecule has 1 aromatic carbocycles. The molecule has 0 saturated carbocycles. The van der Waals surface area contributed by atoms with Crippen LogP contribution in [0.4, 0.5) is 5.69 Å². The third-order valence-corrected chi connectivity index (χ3v) is 5.35. The van der Waals surface area contributed by atoms with Crippen LogP contribution < -0.4 is 5.73 Å². The SMILES string of the molecule is CCc1c(-c2cccc(C)c2Br)sc(C(=O)O)c1N. The van der Waals surface area contributed by atoms with Crippen molar-refractivity contribution in [3.63, 3.8) is 0 Å². The first-order valence-corrected chi connectivity index (χ1v) is 7.48. The molecule has 0 spiro atoms. The van der Waals surface area contributed by atoms with E-state index >= 15 is 0 Å². The standard InChI is InChI=1S/C14H14BrNO2S/c1-3-8-11(16)13(14(17)18)19-12(8)9-6-4-5-7(2)10(9)15/h4-6H,3,16H2,1-2H3,(H,17,18).